The Kier molecular flexibility index (Phi) is 2.54. The minimum absolute atomic E-state index is 0.143. The molecule has 0 radical (unpaired) electrons. The van der Waals surface area contributed by atoms with Crippen molar-refractivity contribution in [3.05, 3.63) is 11.7 Å². The summed E-state index contributed by atoms with van der Waals surface area (Å²) in [6, 6.07) is 0. The van der Waals surface area contributed by atoms with Crippen LogP contribution in [-0.2, 0) is 11.8 Å². The Bertz CT molecular complexity index is 342. The van der Waals surface area contributed by atoms with Crippen LogP contribution in [0.4, 0.5) is 0 Å². The predicted octanol–water partition coefficient (Wildman–Crippen LogP) is 1.68. The SMILES string of the molecule is CC(C)C(O)Cc1nc(C2(C)CC2)no1. The number of rotatable bonds is 4. The van der Waals surface area contributed by atoms with Crippen molar-refractivity contribution in [2.75, 3.05) is 0 Å². The van der Waals surface area contributed by atoms with E-state index < -0.39 is 6.10 Å². The Balaban J connectivity index is 2.01. The first-order chi connectivity index (χ1) is 7.01. The van der Waals surface area contributed by atoms with E-state index in [4.69, 9.17) is 4.52 Å². The van der Waals surface area contributed by atoms with Crippen molar-refractivity contribution < 1.29 is 9.63 Å². The van der Waals surface area contributed by atoms with Crippen LogP contribution in [0.25, 0.3) is 0 Å². The highest BCUT2D eigenvalue weighted by molar-refractivity contribution is 5.14. The summed E-state index contributed by atoms with van der Waals surface area (Å²) in [7, 11) is 0. The average Bonchev–Trinajstić information content (AvgIpc) is 2.76. The number of aromatic nitrogens is 2. The first kappa shape index (κ1) is 10.6. The van der Waals surface area contributed by atoms with Gasteiger partial charge in [-0.05, 0) is 18.8 Å². The van der Waals surface area contributed by atoms with Crippen molar-refractivity contribution >= 4 is 0 Å². The van der Waals surface area contributed by atoms with E-state index in [2.05, 4.69) is 17.1 Å². The zero-order valence-corrected chi connectivity index (χ0v) is 9.53. The molecule has 84 valence electrons. The first-order valence-corrected chi connectivity index (χ1v) is 5.52. The lowest BCUT2D eigenvalue weighted by molar-refractivity contribution is 0.116. The van der Waals surface area contributed by atoms with Gasteiger partial charge in [0.1, 0.15) is 0 Å². The van der Waals surface area contributed by atoms with E-state index in [9.17, 15) is 5.11 Å². The molecular weight excluding hydrogens is 192 g/mol. The summed E-state index contributed by atoms with van der Waals surface area (Å²) in [6.07, 6.45) is 2.34. The molecular formula is C11H18N2O2. The zero-order chi connectivity index (χ0) is 11.1. The maximum absolute atomic E-state index is 9.68. The molecule has 1 atom stereocenters. The monoisotopic (exact) mass is 210 g/mol. The van der Waals surface area contributed by atoms with Crippen molar-refractivity contribution in [2.24, 2.45) is 5.92 Å². The lowest BCUT2D eigenvalue weighted by atomic mass is 10.0. The third kappa shape index (κ3) is 2.20. The molecule has 2 rings (SSSR count). The van der Waals surface area contributed by atoms with Gasteiger partial charge in [0.15, 0.2) is 5.82 Å². The summed E-state index contributed by atoms with van der Waals surface area (Å²) < 4.78 is 5.13. The molecule has 1 aliphatic carbocycles. The molecule has 1 saturated carbocycles. The van der Waals surface area contributed by atoms with Crippen molar-refractivity contribution in [3.8, 4) is 0 Å². The molecule has 0 spiro atoms. The summed E-state index contributed by atoms with van der Waals surface area (Å²) >= 11 is 0. The molecule has 1 heterocycles. The summed E-state index contributed by atoms with van der Waals surface area (Å²) in [4.78, 5) is 4.33. The lowest BCUT2D eigenvalue weighted by Gasteiger charge is -2.10. The molecule has 1 aromatic rings. The number of aliphatic hydroxyl groups excluding tert-OH is 1. The molecule has 1 aliphatic rings. The summed E-state index contributed by atoms with van der Waals surface area (Å²) in [6.45, 7) is 6.09. The quantitative estimate of drug-likeness (QED) is 0.821. The van der Waals surface area contributed by atoms with Gasteiger partial charge in [-0.1, -0.05) is 25.9 Å². The molecule has 4 heteroatoms. The van der Waals surface area contributed by atoms with Crippen LogP contribution in [0, 0.1) is 5.92 Å². The molecule has 1 N–H and O–H groups in total. The third-order valence-electron chi connectivity index (χ3n) is 3.16. The van der Waals surface area contributed by atoms with Gasteiger partial charge in [0.2, 0.25) is 5.89 Å². The van der Waals surface area contributed by atoms with Crippen LogP contribution in [0.3, 0.4) is 0 Å². The molecule has 0 aliphatic heterocycles. The van der Waals surface area contributed by atoms with Crippen LogP contribution in [0.1, 0.15) is 45.3 Å². The van der Waals surface area contributed by atoms with Crippen LogP contribution in [-0.4, -0.2) is 21.4 Å². The van der Waals surface area contributed by atoms with Gasteiger partial charge < -0.3 is 9.63 Å². The number of hydrogen-bond donors (Lipinski definition) is 1. The van der Waals surface area contributed by atoms with Crippen molar-refractivity contribution in [1.82, 2.24) is 10.1 Å². The highest BCUT2D eigenvalue weighted by atomic mass is 16.5. The van der Waals surface area contributed by atoms with E-state index >= 15 is 0 Å². The van der Waals surface area contributed by atoms with Crippen molar-refractivity contribution in [2.45, 2.75) is 51.6 Å². The standard InChI is InChI=1S/C11H18N2O2/c1-7(2)8(14)6-9-12-10(13-15-9)11(3)4-5-11/h7-8,14H,4-6H2,1-3H3. The molecule has 1 aromatic heterocycles. The molecule has 0 amide bonds. The Morgan fingerprint density at radius 1 is 1.47 bits per heavy atom. The van der Waals surface area contributed by atoms with Gasteiger partial charge in [-0.2, -0.15) is 4.98 Å². The molecule has 15 heavy (non-hydrogen) atoms. The molecule has 4 nitrogen and oxygen atoms in total. The lowest BCUT2D eigenvalue weighted by Crippen LogP contribution is -2.17. The fourth-order valence-electron chi connectivity index (χ4n) is 1.41. The minimum Gasteiger partial charge on any atom is -0.392 e. The normalized spacial score (nSPS) is 20.6. The predicted molar refractivity (Wildman–Crippen MR) is 55.4 cm³/mol. The van der Waals surface area contributed by atoms with Crippen LogP contribution >= 0.6 is 0 Å². The van der Waals surface area contributed by atoms with E-state index in [1.54, 1.807) is 0 Å². The molecule has 0 saturated heterocycles. The zero-order valence-electron chi connectivity index (χ0n) is 9.53. The summed E-state index contributed by atoms with van der Waals surface area (Å²) in [5.41, 5.74) is 0.143. The minimum atomic E-state index is -0.398. The largest absolute Gasteiger partial charge is 0.392 e. The first-order valence-electron chi connectivity index (χ1n) is 5.52. The van der Waals surface area contributed by atoms with Crippen LogP contribution in [0.5, 0.6) is 0 Å². The second-order valence-electron chi connectivity index (χ2n) is 5.09. The number of hydrogen-bond acceptors (Lipinski definition) is 4. The topological polar surface area (TPSA) is 59.2 Å². The Morgan fingerprint density at radius 2 is 2.13 bits per heavy atom. The number of aliphatic hydroxyl groups is 1. The highest BCUT2D eigenvalue weighted by Gasteiger charge is 2.43. The van der Waals surface area contributed by atoms with Gasteiger partial charge in [-0.15, -0.1) is 0 Å². The maximum Gasteiger partial charge on any atom is 0.229 e. The average molecular weight is 210 g/mol. The number of nitrogens with zero attached hydrogens (tertiary/aromatic N) is 2. The van der Waals surface area contributed by atoms with E-state index in [-0.39, 0.29) is 11.3 Å². The highest BCUT2D eigenvalue weighted by Crippen LogP contribution is 2.45. The smallest absolute Gasteiger partial charge is 0.229 e. The summed E-state index contributed by atoms with van der Waals surface area (Å²) in [5.74, 6) is 1.57. The van der Waals surface area contributed by atoms with Crippen LogP contribution in [0.15, 0.2) is 4.52 Å². The van der Waals surface area contributed by atoms with E-state index in [0.29, 0.717) is 12.3 Å². The van der Waals surface area contributed by atoms with Gasteiger partial charge >= 0.3 is 0 Å². The van der Waals surface area contributed by atoms with Gasteiger partial charge in [-0.25, -0.2) is 0 Å². The molecule has 0 aromatic carbocycles. The summed E-state index contributed by atoms with van der Waals surface area (Å²) in [5, 5.41) is 13.6. The molecule has 1 fully saturated rings. The second kappa shape index (κ2) is 3.59. The molecule has 1 unspecified atom stereocenters. The Morgan fingerprint density at radius 3 is 2.67 bits per heavy atom. The van der Waals surface area contributed by atoms with E-state index in [1.165, 1.54) is 0 Å². The van der Waals surface area contributed by atoms with E-state index in [1.807, 2.05) is 13.8 Å². The van der Waals surface area contributed by atoms with Crippen LogP contribution < -0.4 is 0 Å². The molecule has 0 bridgehead atoms. The van der Waals surface area contributed by atoms with Gasteiger partial charge in [0.05, 0.1) is 12.5 Å². The Labute approximate surface area is 89.7 Å². The maximum atomic E-state index is 9.68. The van der Waals surface area contributed by atoms with Gasteiger partial charge in [0.25, 0.3) is 0 Å². The second-order valence-corrected chi connectivity index (χ2v) is 5.09. The van der Waals surface area contributed by atoms with Crippen molar-refractivity contribution in [1.29, 1.82) is 0 Å². The van der Waals surface area contributed by atoms with Crippen molar-refractivity contribution in [3.63, 3.8) is 0 Å². The third-order valence-corrected chi connectivity index (χ3v) is 3.16. The van der Waals surface area contributed by atoms with Gasteiger partial charge in [-0.3, -0.25) is 0 Å². The Hall–Kier alpha value is -0.900. The fourth-order valence-corrected chi connectivity index (χ4v) is 1.41. The fraction of sp³-hybridized carbons (Fsp3) is 0.818. The van der Waals surface area contributed by atoms with E-state index in [0.717, 1.165) is 18.7 Å². The van der Waals surface area contributed by atoms with Crippen LogP contribution in [0.2, 0.25) is 0 Å². The van der Waals surface area contributed by atoms with Gasteiger partial charge in [0, 0.05) is 5.41 Å².